The summed E-state index contributed by atoms with van der Waals surface area (Å²) in [7, 11) is 0. The predicted octanol–water partition coefficient (Wildman–Crippen LogP) is 8.07. The summed E-state index contributed by atoms with van der Waals surface area (Å²) in [5.74, 6) is 3.10. The van der Waals surface area contributed by atoms with Gasteiger partial charge in [-0.3, -0.25) is 4.79 Å². The molecule has 6 atom stereocenters. The average Bonchev–Trinajstić information content (AvgIpc) is 2.72. The van der Waals surface area contributed by atoms with Gasteiger partial charge in [0.1, 0.15) is 0 Å². The van der Waals surface area contributed by atoms with Crippen molar-refractivity contribution in [3.8, 4) is 0 Å². The van der Waals surface area contributed by atoms with Crippen LogP contribution >= 0.6 is 22.6 Å². The first-order valence-corrected chi connectivity index (χ1v) is 14.1. The van der Waals surface area contributed by atoms with E-state index in [1.165, 1.54) is 89.9 Å². The van der Waals surface area contributed by atoms with Crippen molar-refractivity contribution in [2.75, 3.05) is 0 Å². The van der Waals surface area contributed by atoms with E-state index in [-0.39, 0.29) is 5.92 Å². The molecule has 6 unspecified atom stereocenters. The first kappa shape index (κ1) is 25.5. The molecule has 0 radical (unpaired) electrons. The molecule has 0 spiro atoms. The van der Waals surface area contributed by atoms with Crippen molar-refractivity contribution in [3.05, 3.63) is 0 Å². The van der Waals surface area contributed by atoms with E-state index in [1.54, 1.807) is 0 Å². The molecule has 2 fully saturated rings. The molecule has 0 aliphatic heterocycles. The van der Waals surface area contributed by atoms with Gasteiger partial charge >= 0.3 is 0 Å². The van der Waals surface area contributed by atoms with Crippen molar-refractivity contribution in [1.82, 2.24) is 5.32 Å². The number of halogens is 1. The van der Waals surface area contributed by atoms with E-state index in [9.17, 15) is 4.79 Å². The highest BCUT2D eigenvalue weighted by Gasteiger charge is 2.23. The van der Waals surface area contributed by atoms with Crippen molar-refractivity contribution >= 4 is 28.5 Å². The highest BCUT2D eigenvalue weighted by Crippen LogP contribution is 2.28. The molecule has 170 valence electrons. The number of rotatable bonds is 2. The van der Waals surface area contributed by atoms with E-state index in [0.717, 1.165) is 34.5 Å². The Morgan fingerprint density at radius 3 is 1.97 bits per heavy atom. The second-order valence-corrected chi connectivity index (χ2v) is 12.5. The molecule has 1 amide bonds. The first-order chi connectivity index (χ1) is 13.9. The van der Waals surface area contributed by atoms with Crippen LogP contribution in [0.1, 0.15) is 124 Å². The Hall–Kier alpha value is 0.200. The number of carbonyl (C=O) groups is 1. The monoisotopic (exact) mass is 517 g/mol. The van der Waals surface area contributed by atoms with E-state index < -0.39 is 0 Å². The minimum absolute atomic E-state index is 0.252. The quantitative estimate of drug-likeness (QED) is 0.291. The van der Waals surface area contributed by atoms with E-state index >= 15 is 0 Å². The summed E-state index contributed by atoms with van der Waals surface area (Å²) in [6.45, 7) is 7.23. The van der Waals surface area contributed by atoms with Crippen LogP contribution in [0.25, 0.3) is 0 Å². The standard InChI is InChI=1S/C26H48INO/c1-20-9-6-10-21(2)17-18-25(16-8-11-20)28-26(29)23-13-4-5-15-24(27)19-22(3)12-7-14-23/h20-25H,4-19H2,1-3H3,(H,28,29). The lowest BCUT2D eigenvalue weighted by Crippen LogP contribution is -2.39. The summed E-state index contributed by atoms with van der Waals surface area (Å²) in [5, 5.41) is 3.54. The Morgan fingerprint density at radius 1 is 0.655 bits per heavy atom. The number of carbonyl (C=O) groups excluding carboxylic acids is 1. The fourth-order valence-electron chi connectivity index (χ4n) is 5.46. The van der Waals surface area contributed by atoms with Gasteiger partial charge in [-0.15, -0.1) is 0 Å². The van der Waals surface area contributed by atoms with Crippen molar-refractivity contribution in [1.29, 1.82) is 0 Å². The van der Waals surface area contributed by atoms with Gasteiger partial charge in [-0.2, -0.15) is 0 Å². The molecule has 0 aromatic carbocycles. The zero-order valence-corrected chi connectivity index (χ0v) is 21.7. The molecule has 2 rings (SSSR count). The fourth-order valence-corrected chi connectivity index (χ4v) is 6.77. The van der Waals surface area contributed by atoms with Crippen LogP contribution in [0.4, 0.5) is 0 Å². The zero-order chi connectivity index (χ0) is 21.1. The van der Waals surface area contributed by atoms with Crippen molar-refractivity contribution in [2.45, 2.75) is 133 Å². The molecule has 0 aromatic rings. The molecular weight excluding hydrogens is 469 g/mol. The van der Waals surface area contributed by atoms with Crippen LogP contribution in [0.5, 0.6) is 0 Å². The molecule has 0 bridgehead atoms. The van der Waals surface area contributed by atoms with Gasteiger partial charge in [0, 0.05) is 15.9 Å². The third-order valence-corrected chi connectivity index (χ3v) is 8.73. The number of hydrogen-bond acceptors (Lipinski definition) is 1. The van der Waals surface area contributed by atoms with Crippen LogP contribution in [-0.4, -0.2) is 15.9 Å². The smallest absolute Gasteiger partial charge is 0.223 e. The fraction of sp³-hybridized carbons (Fsp3) is 0.962. The minimum Gasteiger partial charge on any atom is -0.353 e. The van der Waals surface area contributed by atoms with Gasteiger partial charge in [0.05, 0.1) is 0 Å². The lowest BCUT2D eigenvalue weighted by Gasteiger charge is -2.24. The summed E-state index contributed by atoms with van der Waals surface area (Å²) in [5.41, 5.74) is 0. The molecule has 29 heavy (non-hydrogen) atoms. The molecular formula is C26H48INO. The van der Waals surface area contributed by atoms with Gasteiger partial charge in [0.25, 0.3) is 0 Å². The highest BCUT2D eigenvalue weighted by molar-refractivity contribution is 14.1. The molecule has 2 nitrogen and oxygen atoms in total. The average molecular weight is 518 g/mol. The van der Waals surface area contributed by atoms with Gasteiger partial charge in [-0.25, -0.2) is 0 Å². The summed E-state index contributed by atoms with van der Waals surface area (Å²) in [4.78, 5) is 13.2. The van der Waals surface area contributed by atoms with Crippen LogP contribution in [0.2, 0.25) is 0 Å². The normalized spacial score (nSPS) is 37.0. The SMILES string of the molecule is CC1CCCC(C)CCC(NC(=O)C2CCCCC(I)CC(C)CCC2)CCC1. The second-order valence-electron chi connectivity index (χ2n) is 10.7. The summed E-state index contributed by atoms with van der Waals surface area (Å²) >= 11 is 2.65. The van der Waals surface area contributed by atoms with Gasteiger partial charge in [-0.05, 0) is 62.7 Å². The number of amides is 1. The molecule has 0 saturated heterocycles. The summed E-state index contributed by atoms with van der Waals surface area (Å²) in [6, 6.07) is 0.408. The Labute approximate surface area is 195 Å². The van der Waals surface area contributed by atoms with Crippen molar-refractivity contribution in [3.63, 3.8) is 0 Å². The highest BCUT2D eigenvalue weighted by atomic mass is 127. The Kier molecular flexibility index (Phi) is 12.6. The molecule has 2 aliphatic rings. The van der Waals surface area contributed by atoms with Crippen LogP contribution in [0, 0.1) is 23.7 Å². The maximum atomic E-state index is 13.2. The van der Waals surface area contributed by atoms with Gasteiger partial charge < -0.3 is 5.32 Å². The lowest BCUT2D eigenvalue weighted by atomic mass is 9.91. The Balaban J connectivity index is 1.89. The van der Waals surface area contributed by atoms with Gasteiger partial charge in [0.15, 0.2) is 0 Å². The van der Waals surface area contributed by atoms with Gasteiger partial charge in [0.2, 0.25) is 5.91 Å². The number of nitrogens with one attached hydrogen (secondary N) is 1. The van der Waals surface area contributed by atoms with E-state index in [0.29, 0.717) is 11.9 Å². The van der Waals surface area contributed by atoms with E-state index in [1.807, 2.05) is 0 Å². The molecule has 3 heteroatoms. The Morgan fingerprint density at radius 2 is 1.21 bits per heavy atom. The predicted molar refractivity (Wildman–Crippen MR) is 135 cm³/mol. The van der Waals surface area contributed by atoms with Crippen LogP contribution in [-0.2, 0) is 4.79 Å². The molecule has 0 heterocycles. The lowest BCUT2D eigenvalue weighted by molar-refractivity contribution is -0.126. The topological polar surface area (TPSA) is 29.1 Å². The van der Waals surface area contributed by atoms with Crippen molar-refractivity contribution < 1.29 is 4.79 Å². The maximum Gasteiger partial charge on any atom is 0.223 e. The summed E-state index contributed by atoms with van der Waals surface area (Å²) in [6.07, 6.45) is 20.3. The van der Waals surface area contributed by atoms with Crippen LogP contribution < -0.4 is 5.32 Å². The molecule has 0 aromatic heterocycles. The largest absolute Gasteiger partial charge is 0.353 e. The summed E-state index contributed by atoms with van der Waals surface area (Å²) < 4.78 is 0.823. The molecule has 2 saturated carbocycles. The first-order valence-electron chi connectivity index (χ1n) is 12.9. The third-order valence-electron chi connectivity index (χ3n) is 7.60. The van der Waals surface area contributed by atoms with Gasteiger partial charge in [-0.1, -0.05) is 101 Å². The van der Waals surface area contributed by atoms with E-state index in [4.69, 9.17) is 0 Å². The molecule has 2 aliphatic carbocycles. The van der Waals surface area contributed by atoms with Crippen LogP contribution in [0.15, 0.2) is 0 Å². The van der Waals surface area contributed by atoms with Crippen molar-refractivity contribution in [2.24, 2.45) is 23.7 Å². The third kappa shape index (κ3) is 10.9. The maximum absolute atomic E-state index is 13.2. The minimum atomic E-state index is 0.252. The molecule has 1 N–H and O–H groups in total. The zero-order valence-electron chi connectivity index (χ0n) is 19.6. The number of hydrogen-bond donors (Lipinski definition) is 1. The van der Waals surface area contributed by atoms with Crippen LogP contribution in [0.3, 0.4) is 0 Å². The van der Waals surface area contributed by atoms with E-state index in [2.05, 4.69) is 48.7 Å². The second kappa shape index (κ2) is 14.3. The number of alkyl halides is 1. The Bertz CT molecular complexity index is 454.